The molecule has 0 fully saturated rings. The highest BCUT2D eigenvalue weighted by atomic mass is 35.5. The predicted molar refractivity (Wildman–Crippen MR) is 80.1 cm³/mol. The normalized spacial score (nSPS) is 14.2. The van der Waals surface area contributed by atoms with Crippen molar-refractivity contribution in [3.8, 4) is 5.75 Å². The first-order chi connectivity index (χ1) is 9.08. The average molecular weight is 286 g/mol. The van der Waals surface area contributed by atoms with E-state index in [1.165, 1.54) is 5.56 Å². The monoisotopic (exact) mass is 285 g/mol. The van der Waals surface area contributed by atoms with Gasteiger partial charge in [0.25, 0.3) is 0 Å². The summed E-state index contributed by atoms with van der Waals surface area (Å²) in [6.07, 6.45) is 1.11. The molecule has 0 saturated heterocycles. The van der Waals surface area contributed by atoms with E-state index < -0.39 is 0 Å². The van der Waals surface area contributed by atoms with E-state index in [0.717, 1.165) is 13.0 Å². The molecule has 0 spiro atoms. The average Bonchev–Trinajstić information content (AvgIpc) is 2.38. The van der Waals surface area contributed by atoms with Crippen molar-refractivity contribution in [3.05, 3.63) is 28.8 Å². The van der Waals surface area contributed by atoms with Crippen molar-refractivity contribution < 1.29 is 9.47 Å². The van der Waals surface area contributed by atoms with Crippen LogP contribution in [0.2, 0.25) is 5.02 Å². The minimum absolute atomic E-state index is 0.0102. The lowest BCUT2D eigenvalue weighted by molar-refractivity contribution is 0.0921. The van der Waals surface area contributed by atoms with Gasteiger partial charge in [-0.05, 0) is 44.5 Å². The molecule has 0 bridgehead atoms. The summed E-state index contributed by atoms with van der Waals surface area (Å²) < 4.78 is 10.8. The van der Waals surface area contributed by atoms with Crippen LogP contribution < -0.4 is 10.1 Å². The highest BCUT2D eigenvalue weighted by Crippen LogP contribution is 2.28. The fourth-order valence-electron chi connectivity index (χ4n) is 1.85. The molecular weight excluding hydrogens is 262 g/mol. The second-order valence-corrected chi connectivity index (χ2v) is 5.16. The van der Waals surface area contributed by atoms with Crippen molar-refractivity contribution in [1.29, 1.82) is 0 Å². The van der Waals surface area contributed by atoms with E-state index in [2.05, 4.69) is 19.2 Å². The SMILES string of the molecule is CCCNC(C)c1ccc(OC(C)COC)c(Cl)c1. The van der Waals surface area contributed by atoms with Crippen molar-refractivity contribution in [2.24, 2.45) is 0 Å². The topological polar surface area (TPSA) is 30.5 Å². The van der Waals surface area contributed by atoms with Crippen LogP contribution in [-0.2, 0) is 4.74 Å². The van der Waals surface area contributed by atoms with Crippen molar-refractivity contribution in [1.82, 2.24) is 5.32 Å². The molecule has 1 aromatic rings. The fraction of sp³-hybridized carbons (Fsp3) is 0.600. The van der Waals surface area contributed by atoms with Crippen LogP contribution in [0.3, 0.4) is 0 Å². The van der Waals surface area contributed by atoms with Crippen LogP contribution in [0.5, 0.6) is 5.75 Å². The molecule has 0 amide bonds. The first-order valence-electron chi connectivity index (χ1n) is 6.76. The highest BCUT2D eigenvalue weighted by Gasteiger charge is 2.10. The molecule has 0 aliphatic heterocycles. The Kier molecular flexibility index (Phi) is 7.21. The zero-order chi connectivity index (χ0) is 14.3. The van der Waals surface area contributed by atoms with Crippen LogP contribution in [0.4, 0.5) is 0 Å². The lowest BCUT2D eigenvalue weighted by Crippen LogP contribution is -2.20. The van der Waals surface area contributed by atoms with E-state index in [-0.39, 0.29) is 6.10 Å². The quantitative estimate of drug-likeness (QED) is 0.788. The molecular formula is C15H24ClNO2. The van der Waals surface area contributed by atoms with E-state index in [9.17, 15) is 0 Å². The molecule has 108 valence electrons. The van der Waals surface area contributed by atoms with Crippen LogP contribution in [0, 0.1) is 0 Å². The second kappa shape index (κ2) is 8.41. The van der Waals surface area contributed by atoms with Gasteiger partial charge in [-0.15, -0.1) is 0 Å². The van der Waals surface area contributed by atoms with Gasteiger partial charge >= 0.3 is 0 Å². The molecule has 1 N–H and O–H groups in total. The Morgan fingerprint density at radius 3 is 2.63 bits per heavy atom. The summed E-state index contributed by atoms with van der Waals surface area (Å²) in [5.41, 5.74) is 1.17. The maximum absolute atomic E-state index is 6.26. The molecule has 2 unspecified atom stereocenters. The fourth-order valence-corrected chi connectivity index (χ4v) is 2.08. The Hall–Kier alpha value is -0.770. The molecule has 0 aliphatic rings. The summed E-state index contributed by atoms with van der Waals surface area (Å²) in [6, 6.07) is 6.23. The zero-order valence-electron chi connectivity index (χ0n) is 12.2. The Morgan fingerprint density at radius 1 is 1.32 bits per heavy atom. The van der Waals surface area contributed by atoms with Gasteiger partial charge in [-0.3, -0.25) is 0 Å². The third-order valence-corrected chi connectivity index (χ3v) is 3.18. The zero-order valence-corrected chi connectivity index (χ0v) is 13.0. The summed E-state index contributed by atoms with van der Waals surface area (Å²) in [5.74, 6) is 0.706. The number of methoxy groups -OCH3 is 1. The maximum atomic E-state index is 6.26. The summed E-state index contributed by atoms with van der Waals surface area (Å²) >= 11 is 6.26. The third kappa shape index (κ3) is 5.39. The molecule has 0 saturated carbocycles. The minimum Gasteiger partial charge on any atom is -0.487 e. The van der Waals surface area contributed by atoms with Crippen molar-refractivity contribution in [2.45, 2.75) is 39.3 Å². The van der Waals surface area contributed by atoms with Crippen LogP contribution in [-0.4, -0.2) is 26.4 Å². The summed E-state index contributed by atoms with van der Waals surface area (Å²) in [6.45, 7) is 7.80. The van der Waals surface area contributed by atoms with E-state index in [1.807, 2.05) is 25.1 Å². The van der Waals surface area contributed by atoms with Crippen molar-refractivity contribution in [3.63, 3.8) is 0 Å². The number of hydrogen-bond donors (Lipinski definition) is 1. The molecule has 1 aromatic carbocycles. The minimum atomic E-state index is -0.0102. The number of ether oxygens (including phenoxy) is 2. The standard InChI is InChI=1S/C15H24ClNO2/c1-5-8-17-12(3)13-6-7-15(14(16)9-13)19-11(2)10-18-4/h6-7,9,11-12,17H,5,8,10H2,1-4H3. The van der Waals surface area contributed by atoms with Gasteiger partial charge in [0, 0.05) is 13.2 Å². The molecule has 0 heterocycles. The summed E-state index contributed by atoms with van der Waals surface area (Å²) in [5, 5.41) is 4.08. The lowest BCUT2D eigenvalue weighted by atomic mass is 10.1. The van der Waals surface area contributed by atoms with Gasteiger partial charge in [-0.1, -0.05) is 24.6 Å². The predicted octanol–water partition coefficient (Wildman–Crippen LogP) is 3.81. The molecule has 1 rings (SSSR count). The van der Waals surface area contributed by atoms with Crippen LogP contribution in [0.15, 0.2) is 18.2 Å². The van der Waals surface area contributed by atoms with Crippen molar-refractivity contribution >= 4 is 11.6 Å². The first kappa shape index (κ1) is 16.3. The van der Waals surface area contributed by atoms with E-state index in [0.29, 0.717) is 23.4 Å². The van der Waals surface area contributed by atoms with Crippen molar-refractivity contribution in [2.75, 3.05) is 20.3 Å². The molecule has 0 radical (unpaired) electrons. The van der Waals surface area contributed by atoms with Gasteiger partial charge in [0.2, 0.25) is 0 Å². The van der Waals surface area contributed by atoms with Gasteiger partial charge in [-0.25, -0.2) is 0 Å². The van der Waals surface area contributed by atoms with Crippen LogP contribution in [0.1, 0.15) is 38.8 Å². The largest absolute Gasteiger partial charge is 0.487 e. The smallest absolute Gasteiger partial charge is 0.138 e. The number of nitrogens with one attached hydrogen (secondary N) is 1. The maximum Gasteiger partial charge on any atom is 0.138 e. The summed E-state index contributed by atoms with van der Waals surface area (Å²) in [7, 11) is 1.66. The summed E-state index contributed by atoms with van der Waals surface area (Å²) in [4.78, 5) is 0. The molecule has 19 heavy (non-hydrogen) atoms. The van der Waals surface area contributed by atoms with E-state index >= 15 is 0 Å². The second-order valence-electron chi connectivity index (χ2n) is 4.75. The van der Waals surface area contributed by atoms with Gasteiger partial charge in [0.05, 0.1) is 11.6 Å². The van der Waals surface area contributed by atoms with Gasteiger partial charge < -0.3 is 14.8 Å². The molecule has 0 aromatic heterocycles. The van der Waals surface area contributed by atoms with Gasteiger partial charge in [0.15, 0.2) is 0 Å². The highest BCUT2D eigenvalue weighted by molar-refractivity contribution is 6.32. The number of benzene rings is 1. The molecule has 3 nitrogen and oxygen atoms in total. The van der Waals surface area contributed by atoms with Gasteiger partial charge in [-0.2, -0.15) is 0 Å². The molecule has 2 atom stereocenters. The van der Waals surface area contributed by atoms with Gasteiger partial charge in [0.1, 0.15) is 11.9 Å². The Morgan fingerprint density at radius 2 is 2.05 bits per heavy atom. The van der Waals surface area contributed by atoms with E-state index in [1.54, 1.807) is 7.11 Å². The van der Waals surface area contributed by atoms with Crippen LogP contribution >= 0.6 is 11.6 Å². The molecule has 0 aliphatic carbocycles. The first-order valence-corrected chi connectivity index (χ1v) is 7.14. The van der Waals surface area contributed by atoms with E-state index in [4.69, 9.17) is 21.1 Å². The third-order valence-electron chi connectivity index (χ3n) is 2.89. The molecule has 4 heteroatoms. The Balaban J connectivity index is 2.68. The Bertz CT molecular complexity index is 384. The number of halogens is 1. The van der Waals surface area contributed by atoms with Crippen LogP contribution in [0.25, 0.3) is 0 Å². The lowest BCUT2D eigenvalue weighted by Gasteiger charge is -2.18. The Labute approximate surface area is 121 Å². The number of rotatable bonds is 8. The number of hydrogen-bond acceptors (Lipinski definition) is 3.